The molecule has 3 amide bonds. The van der Waals surface area contributed by atoms with Crippen molar-refractivity contribution in [3.63, 3.8) is 0 Å². The van der Waals surface area contributed by atoms with Gasteiger partial charge in [0.15, 0.2) is 0 Å². The number of hydrogen-bond acceptors (Lipinski definition) is 4. The predicted octanol–water partition coefficient (Wildman–Crippen LogP) is 4.52. The minimum atomic E-state index is -1.04. The maximum atomic E-state index is 14.2. The fraction of sp³-hybridized carbons (Fsp3) is 0.423. The van der Waals surface area contributed by atoms with Crippen LogP contribution in [0.15, 0.2) is 47.5 Å². The van der Waals surface area contributed by atoms with Gasteiger partial charge in [-0.2, -0.15) is 0 Å². The van der Waals surface area contributed by atoms with E-state index in [1.165, 1.54) is 12.0 Å². The summed E-state index contributed by atoms with van der Waals surface area (Å²) in [5, 5.41) is 2.87. The smallest absolute Gasteiger partial charge is 0.328 e. The van der Waals surface area contributed by atoms with E-state index in [0.29, 0.717) is 30.1 Å². The van der Waals surface area contributed by atoms with Gasteiger partial charge >= 0.3 is 6.03 Å². The van der Waals surface area contributed by atoms with E-state index in [0.717, 1.165) is 50.3 Å². The number of ether oxygens (including phenoxy) is 1. The number of likely N-dealkylation sites (tertiary alicyclic amines) is 1. The SMILES string of the molecule is COc1ccccc1C(=O)N1CCC2(C1)C(=NC1CCCCC1)NC(=O)N2c1cc(F)cc(F)c1. The third kappa shape index (κ3) is 4.24. The molecular weight excluding hydrogens is 454 g/mol. The van der Waals surface area contributed by atoms with Crippen molar-refractivity contribution in [2.45, 2.75) is 50.1 Å². The molecule has 0 aromatic heterocycles. The van der Waals surface area contributed by atoms with E-state index < -0.39 is 23.2 Å². The van der Waals surface area contributed by atoms with E-state index in [1.807, 2.05) is 0 Å². The van der Waals surface area contributed by atoms with Gasteiger partial charge in [0, 0.05) is 12.6 Å². The maximum absolute atomic E-state index is 14.2. The van der Waals surface area contributed by atoms with Gasteiger partial charge in [0.05, 0.1) is 30.9 Å². The Bertz CT molecular complexity index is 1160. The number of aliphatic imine (C=N–C) groups is 1. The van der Waals surface area contributed by atoms with Crippen LogP contribution in [0.4, 0.5) is 19.3 Å². The number of para-hydroxylation sites is 1. The lowest BCUT2D eigenvalue weighted by atomic mass is 9.93. The summed E-state index contributed by atoms with van der Waals surface area (Å²) in [6.45, 7) is 0.496. The third-order valence-electron chi connectivity index (χ3n) is 7.16. The van der Waals surface area contributed by atoms with Crippen LogP contribution in [0.5, 0.6) is 5.75 Å². The molecule has 2 heterocycles. The van der Waals surface area contributed by atoms with Gasteiger partial charge < -0.3 is 9.64 Å². The van der Waals surface area contributed by atoms with Crippen molar-refractivity contribution in [1.82, 2.24) is 10.2 Å². The van der Waals surface area contributed by atoms with Crippen molar-refractivity contribution in [2.75, 3.05) is 25.1 Å². The van der Waals surface area contributed by atoms with E-state index in [4.69, 9.17) is 9.73 Å². The number of amides is 3. The number of anilines is 1. The monoisotopic (exact) mass is 482 g/mol. The second-order valence-corrected chi connectivity index (χ2v) is 9.37. The van der Waals surface area contributed by atoms with E-state index in [1.54, 1.807) is 29.2 Å². The summed E-state index contributed by atoms with van der Waals surface area (Å²) in [6.07, 6.45) is 5.53. The molecule has 5 rings (SSSR count). The normalized spacial score (nSPS) is 23.9. The van der Waals surface area contributed by atoms with Crippen LogP contribution in [0.1, 0.15) is 48.9 Å². The summed E-state index contributed by atoms with van der Waals surface area (Å²) in [5.41, 5.74) is -0.522. The number of urea groups is 1. The lowest BCUT2D eigenvalue weighted by Gasteiger charge is -2.34. The molecule has 2 aromatic rings. The predicted molar refractivity (Wildman–Crippen MR) is 128 cm³/mol. The van der Waals surface area contributed by atoms with Crippen molar-refractivity contribution in [3.05, 3.63) is 59.7 Å². The number of halogens is 2. The quantitative estimate of drug-likeness (QED) is 0.697. The lowest BCUT2D eigenvalue weighted by molar-refractivity contribution is 0.0785. The number of hydrogen-bond donors (Lipinski definition) is 1. The molecule has 0 radical (unpaired) electrons. The summed E-state index contributed by atoms with van der Waals surface area (Å²) in [4.78, 5) is 34.6. The summed E-state index contributed by atoms with van der Waals surface area (Å²) < 4.78 is 33.7. The van der Waals surface area contributed by atoms with Crippen LogP contribution in [0.3, 0.4) is 0 Å². The summed E-state index contributed by atoms with van der Waals surface area (Å²) in [5.74, 6) is -0.865. The van der Waals surface area contributed by atoms with Gasteiger partial charge in [-0.1, -0.05) is 31.4 Å². The van der Waals surface area contributed by atoms with Crippen LogP contribution >= 0.6 is 0 Å². The Balaban J connectivity index is 1.54. The molecule has 184 valence electrons. The van der Waals surface area contributed by atoms with Crippen LogP contribution in [-0.4, -0.2) is 54.5 Å². The molecule has 2 aromatic carbocycles. The molecular formula is C26H28F2N4O3. The zero-order valence-electron chi connectivity index (χ0n) is 19.6. The largest absolute Gasteiger partial charge is 0.496 e. The minimum Gasteiger partial charge on any atom is -0.496 e. The molecule has 9 heteroatoms. The molecule has 35 heavy (non-hydrogen) atoms. The van der Waals surface area contributed by atoms with E-state index in [2.05, 4.69) is 5.32 Å². The lowest BCUT2D eigenvalue weighted by Crippen LogP contribution is -2.53. The second kappa shape index (κ2) is 9.28. The number of carbonyl (C=O) groups is 2. The van der Waals surface area contributed by atoms with Crippen molar-refractivity contribution in [1.29, 1.82) is 0 Å². The van der Waals surface area contributed by atoms with Gasteiger partial charge in [-0.05, 0) is 43.5 Å². The number of methoxy groups -OCH3 is 1. The van der Waals surface area contributed by atoms with Gasteiger partial charge in [0.25, 0.3) is 5.91 Å². The Hall–Kier alpha value is -3.49. The first-order valence-electron chi connectivity index (χ1n) is 12.0. The van der Waals surface area contributed by atoms with E-state index >= 15 is 0 Å². The Kier molecular flexibility index (Phi) is 6.17. The average molecular weight is 483 g/mol. The van der Waals surface area contributed by atoms with Crippen molar-refractivity contribution in [2.24, 2.45) is 4.99 Å². The zero-order chi connectivity index (χ0) is 24.6. The highest BCUT2D eigenvalue weighted by Crippen LogP contribution is 2.39. The maximum Gasteiger partial charge on any atom is 0.328 e. The highest BCUT2D eigenvalue weighted by molar-refractivity contribution is 6.19. The number of amidine groups is 1. The van der Waals surface area contributed by atoms with E-state index in [-0.39, 0.29) is 24.2 Å². The van der Waals surface area contributed by atoms with Crippen LogP contribution in [0.25, 0.3) is 0 Å². The van der Waals surface area contributed by atoms with Crippen molar-refractivity contribution < 1.29 is 23.1 Å². The number of nitrogens with one attached hydrogen (secondary N) is 1. The Morgan fingerprint density at radius 1 is 1.11 bits per heavy atom. The molecule has 0 bridgehead atoms. The molecule has 1 spiro atoms. The van der Waals surface area contributed by atoms with Gasteiger partial charge in [0.2, 0.25) is 0 Å². The fourth-order valence-corrected chi connectivity index (χ4v) is 5.49. The summed E-state index contributed by atoms with van der Waals surface area (Å²) in [7, 11) is 1.51. The van der Waals surface area contributed by atoms with E-state index in [9.17, 15) is 18.4 Å². The molecule has 3 aliphatic rings. The third-order valence-corrected chi connectivity index (χ3v) is 7.16. The standard InChI is InChI=1S/C26H28F2N4O3/c1-35-22-10-6-5-9-21(22)23(33)31-12-11-26(16-31)24(29-19-7-3-2-4-8-19)30-25(34)32(26)20-14-17(27)13-18(28)15-20/h5-6,9-10,13-15,19H,2-4,7-8,11-12,16H2,1H3,(H,29,30,34). The minimum absolute atomic E-state index is 0.0686. The Morgan fingerprint density at radius 3 is 2.54 bits per heavy atom. The molecule has 3 fully saturated rings. The fourth-order valence-electron chi connectivity index (χ4n) is 5.49. The molecule has 1 unspecified atom stereocenters. The molecule has 1 aliphatic carbocycles. The van der Waals surface area contributed by atoms with Gasteiger partial charge in [0.1, 0.15) is 28.8 Å². The first-order valence-corrected chi connectivity index (χ1v) is 12.0. The highest BCUT2D eigenvalue weighted by atomic mass is 19.1. The Labute approximate surface area is 202 Å². The first-order chi connectivity index (χ1) is 16.9. The summed E-state index contributed by atoms with van der Waals surface area (Å²) in [6, 6.07) is 9.58. The van der Waals surface area contributed by atoms with Gasteiger partial charge in [-0.15, -0.1) is 0 Å². The zero-order valence-corrected chi connectivity index (χ0v) is 19.6. The first kappa shape index (κ1) is 23.3. The second-order valence-electron chi connectivity index (χ2n) is 9.37. The van der Waals surface area contributed by atoms with Gasteiger partial charge in [-0.3, -0.25) is 20.0 Å². The molecule has 7 nitrogen and oxygen atoms in total. The number of nitrogens with zero attached hydrogens (tertiary/aromatic N) is 3. The topological polar surface area (TPSA) is 74.2 Å². The summed E-state index contributed by atoms with van der Waals surface area (Å²) >= 11 is 0. The molecule has 1 N–H and O–H groups in total. The van der Waals surface area contributed by atoms with Crippen LogP contribution < -0.4 is 15.0 Å². The highest BCUT2D eigenvalue weighted by Gasteiger charge is 2.56. The van der Waals surface area contributed by atoms with Crippen LogP contribution in [0.2, 0.25) is 0 Å². The van der Waals surface area contributed by atoms with Crippen LogP contribution in [-0.2, 0) is 0 Å². The molecule has 2 saturated heterocycles. The average Bonchev–Trinajstić information content (AvgIpc) is 3.40. The Morgan fingerprint density at radius 2 is 1.83 bits per heavy atom. The molecule has 1 atom stereocenters. The van der Waals surface area contributed by atoms with Gasteiger partial charge in [-0.25, -0.2) is 13.6 Å². The van der Waals surface area contributed by atoms with Crippen molar-refractivity contribution in [3.8, 4) is 5.75 Å². The number of rotatable bonds is 4. The molecule has 2 aliphatic heterocycles. The molecule has 1 saturated carbocycles. The van der Waals surface area contributed by atoms with Crippen LogP contribution in [0, 0.1) is 11.6 Å². The van der Waals surface area contributed by atoms with Crippen molar-refractivity contribution >= 4 is 23.5 Å². The number of carbonyl (C=O) groups excluding carboxylic acids is 2. The number of benzene rings is 2.